The first-order chi connectivity index (χ1) is 9.80. The van der Waals surface area contributed by atoms with Gasteiger partial charge in [-0.15, -0.1) is 0 Å². The number of fused-ring (bicyclic) bond motifs is 1. The van der Waals surface area contributed by atoms with E-state index >= 15 is 0 Å². The van der Waals surface area contributed by atoms with Crippen molar-refractivity contribution in [3.8, 4) is 11.8 Å². The highest BCUT2D eigenvalue weighted by Gasteiger charge is 2.06. The molecular formula is C17H20N2O. The molecule has 104 valence electrons. The fraction of sp³-hybridized carbons (Fsp3) is 0.353. The van der Waals surface area contributed by atoms with Gasteiger partial charge in [0, 0.05) is 17.3 Å². The molecule has 0 heterocycles. The Balaban J connectivity index is 2.17. The van der Waals surface area contributed by atoms with E-state index in [1.807, 2.05) is 36.4 Å². The van der Waals surface area contributed by atoms with Crippen LogP contribution in [0.15, 0.2) is 36.4 Å². The van der Waals surface area contributed by atoms with Crippen LogP contribution in [0.5, 0.6) is 5.75 Å². The summed E-state index contributed by atoms with van der Waals surface area (Å²) in [6.45, 7) is 7.96. The highest BCUT2D eigenvalue weighted by Crippen LogP contribution is 2.28. The molecule has 0 aliphatic carbocycles. The fourth-order valence-corrected chi connectivity index (χ4v) is 2.32. The summed E-state index contributed by atoms with van der Waals surface area (Å²) in [4.78, 5) is 2.33. The summed E-state index contributed by atoms with van der Waals surface area (Å²) in [6, 6.07) is 13.8. The number of likely N-dealkylation sites (N-methyl/N-ethyl adjacent to an activating group) is 1. The van der Waals surface area contributed by atoms with E-state index in [4.69, 9.17) is 10.00 Å². The first kappa shape index (κ1) is 14.4. The number of hydrogen-bond acceptors (Lipinski definition) is 3. The van der Waals surface area contributed by atoms with Gasteiger partial charge in [0.15, 0.2) is 0 Å². The summed E-state index contributed by atoms with van der Waals surface area (Å²) in [5.74, 6) is 0.853. The molecule has 0 atom stereocenters. The van der Waals surface area contributed by atoms with Crippen molar-refractivity contribution < 1.29 is 4.74 Å². The minimum atomic E-state index is 0.664. The second-order valence-electron chi connectivity index (χ2n) is 4.64. The molecule has 0 aliphatic heterocycles. The third-order valence-corrected chi connectivity index (χ3v) is 3.56. The standard InChI is InChI=1S/C17H20N2O/c1-3-19(4-2)11-12-20-17-10-9-14(13-18)15-7-5-6-8-16(15)17/h5-10H,3-4,11-12H2,1-2H3. The molecule has 3 heteroatoms. The monoisotopic (exact) mass is 268 g/mol. The van der Waals surface area contributed by atoms with E-state index in [2.05, 4.69) is 24.8 Å². The maximum atomic E-state index is 9.14. The molecule has 2 aromatic rings. The van der Waals surface area contributed by atoms with Crippen LogP contribution in [0.2, 0.25) is 0 Å². The van der Waals surface area contributed by atoms with Gasteiger partial charge in [-0.25, -0.2) is 0 Å². The lowest BCUT2D eigenvalue weighted by atomic mass is 10.0. The zero-order chi connectivity index (χ0) is 14.4. The molecule has 0 aromatic heterocycles. The van der Waals surface area contributed by atoms with Crippen LogP contribution >= 0.6 is 0 Å². The van der Waals surface area contributed by atoms with Gasteiger partial charge in [0.2, 0.25) is 0 Å². The molecule has 0 amide bonds. The minimum Gasteiger partial charge on any atom is -0.492 e. The molecule has 3 nitrogen and oxygen atoms in total. The Labute approximate surface area is 120 Å². The molecule has 0 aliphatic rings. The first-order valence-corrected chi connectivity index (χ1v) is 7.07. The van der Waals surface area contributed by atoms with Crippen LogP contribution in [-0.2, 0) is 0 Å². The third-order valence-electron chi connectivity index (χ3n) is 3.56. The second-order valence-corrected chi connectivity index (χ2v) is 4.64. The van der Waals surface area contributed by atoms with Gasteiger partial charge in [0.1, 0.15) is 12.4 Å². The van der Waals surface area contributed by atoms with Crippen LogP contribution in [-0.4, -0.2) is 31.1 Å². The van der Waals surface area contributed by atoms with Crippen molar-refractivity contribution in [2.75, 3.05) is 26.2 Å². The number of ether oxygens (including phenoxy) is 1. The molecule has 0 fully saturated rings. The van der Waals surface area contributed by atoms with Crippen LogP contribution in [0.4, 0.5) is 0 Å². The first-order valence-electron chi connectivity index (χ1n) is 7.07. The van der Waals surface area contributed by atoms with Gasteiger partial charge < -0.3 is 9.64 Å². The smallest absolute Gasteiger partial charge is 0.127 e. The van der Waals surface area contributed by atoms with Crippen molar-refractivity contribution in [3.05, 3.63) is 42.0 Å². The Kier molecular flexibility index (Phi) is 4.97. The zero-order valence-corrected chi connectivity index (χ0v) is 12.1. The van der Waals surface area contributed by atoms with Crippen molar-refractivity contribution in [1.29, 1.82) is 5.26 Å². The Morgan fingerprint density at radius 3 is 2.40 bits per heavy atom. The maximum Gasteiger partial charge on any atom is 0.127 e. The van der Waals surface area contributed by atoms with E-state index in [0.29, 0.717) is 12.2 Å². The van der Waals surface area contributed by atoms with Crippen molar-refractivity contribution in [3.63, 3.8) is 0 Å². The molecule has 20 heavy (non-hydrogen) atoms. The molecular weight excluding hydrogens is 248 g/mol. The number of nitriles is 1. The molecule has 0 unspecified atom stereocenters. The lowest BCUT2D eigenvalue weighted by Gasteiger charge is -2.18. The summed E-state index contributed by atoms with van der Waals surface area (Å²) in [5.41, 5.74) is 0.691. The van der Waals surface area contributed by atoms with Gasteiger partial charge in [-0.3, -0.25) is 0 Å². The topological polar surface area (TPSA) is 36.3 Å². The highest BCUT2D eigenvalue weighted by molar-refractivity contribution is 5.92. The highest BCUT2D eigenvalue weighted by atomic mass is 16.5. The summed E-state index contributed by atoms with van der Waals surface area (Å²) in [6.07, 6.45) is 0. The number of rotatable bonds is 6. The van der Waals surface area contributed by atoms with Crippen LogP contribution in [0.1, 0.15) is 19.4 Å². The third kappa shape index (κ3) is 3.09. The lowest BCUT2D eigenvalue weighted by Crippen LogP contribution is -2.27. The Bertz CT molecular complexity index is 612. The summed E-state index contributed by atoms with van der Waals surface area (Å²) in [5, 5.41) is 11.1. The SMILES string of the molecule is CCN(CC)CCOc1ccc(C#N)c2ccccc12. The van der Waals surface area contributed by atoms with E-state index in [1.54, 1.807) is 0 Å². The van der Waals surface area contributed by atoms with E-state index in [0.717, 1.165) is 36.2 Å². The number of hydrogen-bond donors (Lipinski definition) is 0. The van der Waals surface area contributed by atoms with E-state index in [9.17, 15) is 0 Å². The van der Waals surface area contributed by atoms with Gasteiger partial charge in [-0.05, 0) is 25.2 Å². The van der Waals surface area contributed by atoms with E-state index in [1.165, 1.54) is 0 Å². The van der Waals surface area contributed by atoms with Crippen molar-refractivity contribution in [2.45, 2.75) is 13.8 Å². The molecule has 0 saturated heterocycles. The van der Waals surface area contributed by atoms with Crippen LogP contribution in [0.3, 0.4) is 0 Å². The van der Waals surface area contributed by atoms with Gasteiger partial charge >= 0.3 is 0 Å². The quantitative estimate of drug-likeness (QED) is 0.805. The van der Waals surface area contributed by atoms with E-state index in [-0.39, 0.29) is 0 Å². The summed E-state index contributed by atoms with van der Waals surface area (Å²) >= 11 is 0. The molecule has 2 rings (SSSR count). The van der Waals surface area contributed by atoms with Crippen LogP contribution in [0, 0.1) is 11.3 Å². The van der Waals surface area contributed by atoms with Crippen molar-refractivity contribution in [1.82, 2.24) is 4.90 Å². The average Bonchev–Trinajstić information content (AvgIpc) is 2.51. The largest absolute Gasteiger partial charge is 0.492 e. The molecule has 0 bridgehead atoms. The fourth-order valence-electron chi connectivity index (χ4n) is 2.32. The van der Waals surface area contributed by atoms with Gasteiger partial charge in [0.25, 0.3) is 0 Å². The molecule has 0 radical (unpaired) electrons. The van der Waals surface area contributed by atoms with Crippen molar-refractivity contribution in [2.24, 2.45) is 0 Å². The maximum absolute atomic E-state index is 9.14. The lowest BCUT2D eigenvalue weighted by molar-refractivity contribution is 0.224. The number of nitrogens with zero attached hydrogens (tertiary/aromatic N) is 2. The van der Waals surface area contributed by atoms with Gasteiger partial charge in [0.05, 0.1) is 11.6 Å². The van der Waals surface area contributed by atoms with E-state index < -0.39 is 0 Å². The Morgan fingerprint density at radius 1 is 1.05 bits per heavy atom. The minimum absolute atomic E-state index is 0.664. The Morgan fingerprint density at radius 2 is 1.75 bits per heavy atom. The van der Waals surface area contributed by atoms with Gasteiger partial charge in [-0.2, -0.15) is 5.26 Å². The average molecular weight is 268 g/mol. The van der Waals surface area contributed by atoms with Crippen molar-refractivity contribution >= 4 is 10.8 Å². The molecule has 0 saturated carbocycles. The molecule has 2 aromatic carbocycles. The zero-order valence-electron chi connectivity index (χ0n) is 12.1. The van der Waals surface area contributed by atoms with Crippen LogP contribution in [0.25, 0.3) is 10.8 Å². The predicted octanol–water partition coefficient (Wildman–Crippen LogP) is 3.43. The van der Waals surface area contributed by atoms with Crippen LogP contribution < -0.4 is 4.74 Å². The molecule has 0 spiro atoms. The second kappa shape index (κ2) is 6.93. The number of benzene rings is 2. The van der Waals surface area contributed by atoms with Gasteiger partial charge in [-0.1, -0.05) is 38.1 Å². The summed E-state index contributed by atoms with van der Waals surface area (Å²) in [7, 11) is 0. The molecule has 0 N–H and O–H groups in total. The Hall–Kier alpha value is -2.05. The predicted molar refractivity (Wildman–Crippen MR) is 81.9 cm³/mol. The normalized spacial score (nSPS) is 10.7. The summed E-state index contributed by atoms with van der Waals surface area (Å²) < 4.78 is 5.90.